The molecule has 2 aliphatic rings. The first-order valence-corrected chi connectivity index (χ1v) is 6.49. The molecule has 2 rings (SSSR count). The Bertz CT molecular complexity index is 334. The van der Waals surface area contributed by atoms with E-state index in [1.165, 1.54) is 7.11 Å². The van der Waals surface area contributed by atoms with E-state index in [0.717, 1.165) is 12.8 Å². The molecule has 4 nitrogen and oxygen atoms in total. The quantitative estimate of drug-likeness (QED) is 0.566. The Hall–Kier alpha value is -0.610. The number of carbonyl (C=O) groups is 2. The molecule has 5 unspecified atom stereocenters. The van der Waals surface area contributed by atoms with Gasteiger partial charge in [-0.05, 0) is 18.8 Å². The number of piperidine rings is 1. The Morgan fingerprint density at radius 1 is 1.47 bits per heavy atom. The first-order valence-electron chi connectivity index (χ1n) is 6.05. The van der Waals surface area contributed by atoms with Crippen molar-refractivity contribution >= 4 is 23.4 Å². The Kier molecular flexibility index (Phi) is 3.73. The molecule has 0 spiro atoms. The number of halogens is 1. The number of fused-ring (bicyclic) bond motifs is 1. The lowest BCUT2D eigenvalue weighted by Gasteiger charge is -2.43. The minimum absolute atomic E-state index is 0.0107. The number of hydrogen-bond acceptors (Lipinski definition) is 4. The van der Waals surface area contributed by atoms with Crippen LogP contribution >= 0.6 is 11.6 Å². The van der Waals surface area contributed by atoms with Gasteiger partial charge in [-0.1, -0.05) is 6.92 Å². The molecule has 1 heterocycles. The van der Waals surface area contributed by atoms with Crippen molar-refractivity contribution in [3.8, 4) is 0 Å². The maximum Gasteiger partial charge on any atom is 0.323 e. The summed E-state index contributed by atoms with van der Waals surface area (Å²) < 4.78 is 4.69. The van der Waals surface area contributed by atoms with Crippen molar-refractivity contribution in [2.24, 2.45) is 11.8 Å². The van der Waals surface area contributed by atoms with Crippen LogP contribution in [0.15, 0.2) is 0 Å². The standard InChI is InChI=1S/C12H18ClNO3/c1-6-8(13)4-3-7-10(15)5-9(12(16)17-2)14-11(6)7/h6-9,11,14H,3-5H2,1-2H3. The van der Waals surface area contributed by atoms with E-state index in [4.69, 9.17) is 16.3 Å². The molecule has 2 fully saturated rings. The van der Waals surface area contributed by atoms with Gasteiger partial charge in [0.2, 0.25) is 0 Å². The van der Waals surface area contributed by atoms with Crippen molar-refractivity contribution in [1.29, 1.82) is 0 Å². The molecule has 1 saturated heterocycles. The number of carbonyl (C=O) groups excluding carboxylic acids is 2. The van der Waals surface area contributed by atoms with Crippen LogP contribution < -0.4 is 5.32 Å². The van der Waals surface area contributed by atoms with E-state index in [0.29, 0.717) is 0 Å². The van der Waals surface area contributed by atoms with Gasteiger partial charge in [-0.25, -0.2) is 0 Å². The van der Waals surface area contributed by atoms with Crippen LogP contribution in [0.3, 0.4) is 0 Å². The smallest absolute Gasteiger partial charge is 0.323 e. The van der Waals surface area contributed by atoms with Crippen LogP contribution in [0.4, 0.5) is 0 Å². The van der Waals surface area contributed by atoms with E-state index in [2.05, 4.69) is 5.32 Å². The summed E-state index contributed by atoms with van der Waals surface area (Å²) in [5.74, 6) is 0.0213. The summed E-state index contributed by atoms with van der Waals surface area (Å²) in [5.41, 5.74) is 0. The average Bonchev–Trinajstić information content (AvgIpc) is 2.33. The number of Topliss-reactive ketones (excluding diaryl/α,β-unsaturated/α-hetero) is 1. The normalized spacial score (nSPS) is 41.8. The Morgan fingerprint density at radius 2 is 2.18 bits per heavy atom. The number of esters is 1. The summed E-state index contributed by atoms with van der Waals surface area (Å²) in [4.78, 5) is 23.5. The molecule has 1 saturated carbocycles. The predicted molar refractivity (Wildman–Crippen MR) is 63.9 cm³/mol. The molecule has 1 N–H and O–H groups in total. The minimum atomic E-state index is -0.502. The van der Waals surface area contributed by atoms with Crippen LogP contribution in [-0.4, -0.2) is 36.3 Å². The number of hydrogen-bond donors (Lipinski definition) is 1. The van der Waals surface area contributed by atoms with Crippen molar-refractivity contribution in [1.82, 2.24) is 5.32 Å². The van der Waals surface area contributed by atoms with Crippen molar-refractivity contribution < 1.29 is 14.3 Å². The highest BCUT2D eigenvalue weighted by Gasteiger charge is 2.45. The average molecular weight is 260 g/mol. The number of rotatable bonds is 1. The van der Waals surface area contributed by atoms with Gasteiger partial charge in [0.1, 0.15) is 11.8 Å². The third-order valence-electron chi connectivity index (χ3n) is 4.02. The number of ether oxygens (including phenoxy) is 1. The first-order chi connectivity index (χ1) is 8.04. The molecule has 0 aromatic heterocycles. The van der Waals surface area contributed by atoms with Crippen molar-refractivity contribution in [3.63, 3.8) is 0 Å². The van der Waals surface area contributed by atoms with Gasteiger partial charge in [-0.15, -0.1) is 11.6 Å². The molecule has 5 heteroatoms. The number of ketones is 1. The third-order valence-corrected chi connectivity index (χ3v) is 4.64. The highest BCUT2D eigenvalue weighted by molar-refractivity contribution is 6.21. The maximum absolute atomic E-state index is 12.0. The van der Waals surface area contributed by atoms with Gasteiger partial charge in [-0.3, -0.25) is 9.59 Å². The van der Waals surface area contributed by atoms with Gasteiger partial charge >= 0.3 is 5.97 Å². The van der Waals surface area contributed by atoms with Crippen LogP contribution in [0, 0.1) is 11.8 Å². The molecule has 17 heavy (non-hydrogen) atoms. The molecule has 1 aliphatic heterocycles. The van der Waals surface area contributed by atoms with Crippen molar-refractivity contribution in [2.75, 3.05) is 7.11 Å². The van der Waals surface area contributed by atoms with E-state index in [1.807, 2.05) is 6.92 Å². The molecular weight excluding hydrogens is 242 g/mol. The van der Waals surface area contributed by atoms with Crippen molar-refractivity contribution in [2.45, 2.75) is 43.6 Å². The number of methoxy groups -OCH3 is 1. The Morgan fingerprint density at radius 3 is 2.82 bits per heavy atom. The largest absolute Gasteiger partial charge is 0.468 e. The van der Waals surface area contributed by atoms with Crippen LogP contribution in [-0.2, 0) is 14.3 Å². The molecule has 96 valence electrons. The predicted octanol–water partition coefficient (Wildman–Crippen LogP) is 1.11. The third kappa shape index (κ3) is 2.33. The molecule has 0 aromatic carbocycles. The van der Waals surface area contributed by atoms with Gasteiger partial charge in [0.15, 0.2) is 0 Å². The number of nitrogens with one attached hydrogen (secondary N) is 1. The highest BCUT2D eigenvalue weighted by atomic mass is 35.5. The fourth-order valence-corrected chi connectivity index (χ4v) is 3.22. The summed E-state index contributed by atoms with van der Waals surface area (Å²) >= 11 is 6.23. The van der Waals surface area contributed by atoms with E-state index < -0.39 is 6.04 Å². The summed E-state index contributed by atoms with van der Waals surface area (Å²) in [6.45, 7) is 2.04. The van der Waals surface area contributed by atoms with Crippen LogP contribution in [0.2, 0.25) is 0 Å². The molecule has 0 radical (unpaired) electrons. The van der Waals surface area contributed by atoms with Crippen LogP contribution in [0.25, 0.3) is 0 Å². The number of alkyl halides is 1. The topological polar surface area (TPSA) is 55.4 Å². The second kappa shape index (κ2) is 4.94. The molecule has 5 atom stereocenters. The van der Waals surface area contributed by atoms with E-state index in [-0.39, 0.29) is 41.4 Å². The molecule has 1 aliphatic carbocycles. The lowest BCUT2D eigenvalue weighted by molar-refractivity contribution is -0.148. The summed E-state index contributed by atoms with van der Waals surface area (Å²) in [6.07, 6.45) is 1.94. The zero-order valence-electron chi connectivity index (χ0n) is 10.1. The zero-order chi connectivity index (χ0) is 12.6. The molecule has 0 amide bonds. The first kappa shape index (κ1) is 12.8. The van der Waals surface area contributed by atoms with E-state index in [1.54, 1.807) is 0 Å². The molecular formula is C12H18ClNO3. The summed E-state index contributed by atoms with van der Waals surface area (Å²) in [7, 11) is 1.34. The van der Waals surface area contributed by atoms with Gasteiger partial charge < -0.3 is 10.1 Å². The fourth-order valence-electron chi connectivity index (χ4n) is 2.94. The van der Waals surface area contributed by atoms with Gasteiger partial charge in [-0.2, -0.15) is 0 Å². The minimum Gasteiger partial charge on any atom is -0.468 e. The van der Waals surface area contributed by atoms with Gasteiger partial charge in [0.25, 0.3) is 0 Å². The monoisotopic (exact) mass is 259 g/mol. The van der Waals surface area contributed by atoms with E-state index in [9.17, 15) is 9.59 Å². The fraction of sp³-hybridized carbons (Fsp3) is 0.833. The lowest BCUT2D eigenvalue weighted by atomic mass is 9.72. The van der Waals surface area contributed by atoms with E-state index >= 15 is 0 Å². The Labute approximate surface area is 106 Å². The second-order valence-electron chi connectivity index (χ2n) is 5.00. The molecule has 0 bridgehead atoms. The highest BCUT2D eigenvalue weighted by Crippen LogP contribution is 2.36. The Balaban J connectivity index is 2.14. The summed E-state index contributed by atoms with van der Waals surface area (Å²) in [5, 5.41) is 3.31. The summed E-state index contributed by atoms with van der Waals surface area (Å²) in [6, 6.07) is -0.491. The zero-order valence-corrected chi connectivity index (χ0v) is 10.9. The second-order valence-corrected chi connectivity index (χ2v) is 5.56. The van der Waals surface area contributed by atoms with Gasteiger partial charge in [0.05, 0.1) is 7.11 Å². The van der Waals surface area contributed by atoms with Crippen molar-refractivity contribution in [3.05, 3.63) is 0 Å². The maximum atomic E-state index is 12.0. The van der Waals surface area contributed by atoms with Gasteiger partial charge in [0, 0.05) is 23.8 Å². The SMILES string of the molecule is COC(=O)C1CC(=O)C2CCC(Cl)C(C)C2N1. The lowest BCUT2D eigenvalue weighted by Crippen LogP contribution is -2.60. The van der Waals surface area contributed by atoms with Crippen LogP contribution in [0.1, 0.15) is 26.2 Å². The molecule has 0 aromatic rings. The van der Waals surface area contributed by atoms with Crippen LogP contribution in [0.5, 0.6) is 0 Å².